The molecule has 1 saturated heterocycles. The van der Waals surface area contributed by atoms with Crippen LogP contribution in [0.3, 0.4) is 0 Å². The van der Waals surface area contributed by atoms with E-state index < -0.39 is 11.9 Å². The summed E-state index contributed by atoms with van der Waals surface area (Å²) >= 11 is 0. The van der Waals surface area contributed by atoms with Crippen molar-refractivity contribution in [1.82, 2.24) is 4.90 Å². The average molecular weight is 225 g/mol. The fourth-order valence-electron chi connectivity index (χ4n) is 1.93. The lowest BCUT2D eigenvalue weighted by Gasteiger charge is -2.27. The van der Waals surface area contributed by atoms with Crippen molar-refractivity contribution in [2.75, 3.05) is 13.1 Å². The third-order valence-electron chi connectivity index (χ3n) is 2.85. The highest BCUT2D eigenvalue weighted by Crippen LogP contribution is 2.14. The smallest absolute Gasteiger partial charge is 0.310 e. The standard InChI is InChI=1S/C12H19NO3/c1-2-6-10(12(15)16)9-11(14)13-7-4-3-5-8-13/h2,6,10H,3-5,7-9H2,1H3,(H,15,16). The molecule has 1 heterocycles. The summed E-state index contributed by atoms with van der Waals surface area (Å²) in [5, 5.41) is 8.93. The zero-order valence-corrected chi connectivity index (χ0v) is 9.69. The highest BCUT2D eigenvalue weighted by Gasteiger charge is 2.23. The van der Waals surface area contributed by atoms with E-state index in [4.69, 9.17) is 5.11 Å². The Kier molecular flexibility index (Phi) is 5.02. The molecule has 1 fully saturated rings. The van der Waals surface area contributed by atoms with Gasteiger partial charge in [0.2, 0.25) is 5.91 Å². The molecule has 0 aromatic heterocycles. The van der Waals surface area contributed by atoms with Gasteiger partial charge in [0, 0.05) is 19.5 Å². The number of nitrogens with zero attached hydrogens (tertiary/aromatic N) is 1. The monoisotopic (exact) mass is 225 g/mol. The summed E-state index contributed by atoms with van der Waals surface area (Å²) in [6, 6.07) is 0. The van der Waals surface area contributed by atoms with Crippen molar-refractivity contribution >= 4 is 11.9 Å². The fourth-order valence-corrected chi connectivity index (χ4v) is 1.93. The van der Waals surface area contributed by atoms with Crippen LogP contribution in [0.2, 0.25) is 0 Å². The van der Waals surface area contributed by atoms with Gasteiger partial charge in [0.25, 0.3) is 0 Å². The average Bonchev–Trinajstić information content (AvgIpc) is 2.29. The van der Waals surface area contributed by atoms with E-state index in [1.165, 1.54) is 6.42 Å². The molecule has 4 nitrogen and oxygen atoms in total. The molecule has 0 saturated carbocycles. The van der Waals surface area contributed by atoms with Crippen molar-refractivity contribution in [2.45, 2.75) is 32.6 Å². The lowest BCUT2D eigenvalue weighted by Crippen LogP contribution is -2.37. The third kappa shape index (κ3) is 3.68. The maximum atomic E-state index is 11.8. The van der Waals surface area contributed by atoms with Crippen LogP contribution in [-0.2, 0) is 9.59 Å². The van der Waals surface area contributed by atoms with E-state index in [1.54, 1.807) is 24.0 Å². The van der Waals surface area contributed by atoms with E-state index in [2.05, 4.69) is 0 Å². The first-order chi connectivity index (χ1) is 7.65. The molecule has 1 rings (SSSR count). The molecular formula is C12H19NO3. The molecule has 0 spiro atoms. The molecule has 1 aliphatic heterocycles. The van der Waals surface area contributed by atoms with Gasteiger partial charge in [-0.2, -0.15) is 0 Å². The number of carboxylic acids is 1. The number of carbonyl (C=O) groups is 2. The lowest BCUT2D eigenvalue weighted by atomic mass is 10.0. The summed E-state index contributed by atoms with van der Waals surface area (Å²) in [5.74, 6) is -1.65. The molecule has 16 heavy (non-hydrogen) atoms. The van der Waals surface area contributed by atoms with Gasteiger partial charge in [0.05, 0.1) is 5.92 Å². The van der Waals surface area contributed by atoms with Crippen molar-refractivity contribution < 1.29 is 14.7 Å². The Balaban J connectivity index is 2.50. The summed E-state index contributed by atoms with van der Waals surface area (Å²) in [7, 11) is 0. The van der Waals surface area contributed by atoms with Crippen LogP contribution in [0, 0.1) is 5.92 Å². The first-order valence-corrected chi connectivity index (χ1v) is 5.78. The Labute approximate surface area is 95.9 Å². The minimum absolute atomic E-state index is 0.0369. The second-order valence-corrected chi connectivity index (χ2v) is 4.12. The van der Waals surface area contributed by atoms with Crippen molar-refractivity contribution in [3.05, 3.63) is 12.2 Å². The Morgan fingerprint density at radius 1 is 1.31 bits per heavy atom. The number of amides is 1. The molecular weight excluding hydrogens is 206 g/mol. The molecule has 0 radical (unpaired) electrons. The molecule has 1 unspecified atom stereocenters. The molecule has 0 bridgehead atoms. The molecule has 0 aromatic rings. The normalized spacial score (nSPS) is 18.7. The van der Waals surface area contributed by atoms with Crippen molar-refractivity contribution in [1.29, 1.82) is 0 Å². The van der Waals surface area contributed by atoms with Gasteiger partial charge in [-0.25, -0.2) is 0 Å². The van der Waals surface area contributed by atoms with Crippen LogP contribution in [0.15, 0.2) is 12.2 Å². The van der Waals surface area contributed by atoms with Gasteiger partial charge >= 0.3 is 5.97 Å². The Bertz CT molecular complexity index is 280. The molecule has 1 atom stereocenters. The van der Waals surface area contributed by atoms with Gasteiger partial charge in [0.15, 0.2) is 0 Å². The Hall–Kier alpha value is -1.32. The fraction of sp³-hybridized carbons (Fsp3) is 0.667. The van der Waals surface area contributed by atoms with Gasteiger partial charge in [-0.05, 0) is 26.2 Å². The first kappa shape index (κ1) is 12.7. The number of aliphatic carboxylic acids is 1. The van der Waals surface area contributed by atoms with Crippen molar-refractivity contribution in [3.8, 4) is 0 Å². The van der Waals surface area contributed by atoms with Crippen LogP contribution >= 0.6 is 0 Å². The number of allylic oxidation sites excluding steroid dienone is 1. The second kappa shape index (κ2) is 6.30. The molecule has 1 N–H and O–H groups in total. The quantitative estimate of drug-likeness (QED) is 0.740. The van der Waals surface area contributed by atoms with Crippen molar-refractivity contribution in [2.24, 2.45) is 5.92 Å². The summed E-state index contributed by atoms with van der Waals surface area (Å²) in [5.41, 5.74) is 0. The van der Waals surface area contributed by atoms with Crippen LogP contribution in [0.4, 0.5) is 0 Å². The number of likely N-dealkylation sites (tertiary alicyclic amines) is 1. The van der Waals surface area contributed by atoms with Gasteiger partial charge in [-0.15, -0.1) is 0 Å². The number of piperidine rings is 1. The number of carbonyl (C=O) groups excluding carboxylic acids is 1. The predicted octanol–water partition coefficient (Wildman–Crippen LogP) is 1.67. The molecule has 90 valence electrons. The maximum Gasteiger partial charge on any atom is 0.310 e. The number of hydrogen-bond donors (Lipinski definition) is 1. The van der Waals surface area contributed by atoms with E-state index in [-0.39, 0.29) is 12.3 Å². The van der Waals surface area contributed by atoms with Gasteiger partial charge in [-0.1, -0.05) is 12.2 Å². The molecule has 4 heteroatoms. The largest absolute Gasteiger partial charge is 0.481 e. The van der Waals surface area contributed by atoms with E-state index in [1.807, 2.05) is 0 Å². The van der Waals surface area contributed by atoms with Gasteiger partial charge in [-0.3, -0.25) is 9.59 Å². The zero-order valence-electron chi connectivity index (χ0n) is 9.69. The van der Waals surface area contributed by atoms with Gasteiger partial charge < -0.3 is 10.0 Å². The predicted molar refractivity (Wildman–Crippen MR) is 61.0 cm³/mol. The molecule has 1 aliphatic rings. The SMILES string of the molecule is CC=CC(CC(=O)N1CCCCC1)C(=O)O. The second-order valence-electron chi connectivity index (χ2n) is 4.12. The highest BCUT2D eigenvalue weighted by molar-refractivity contribution is 5.83. The number of carboxylic acid groups (broad SMARTS) is 1. The van der Waals surface area contributed by atoms with Crippen LogP contribution in [0.25, 0.3) is 0 Å². The minimum Gasteiger partial charge on any atom is -0.481 e. The topological polar surface area (TPSA) is 57.6 Å². The summed E-state index contributed by atoms with van der Waals surface area (Å²) in [4.78, 5) is 24.5. The van der Waals surface area contributed by atoms with E-state index in [9.17, 15) is 9.59 Å². The lowest BCUT2D eigenvalue weighted by molar-refractivity contribution is -0.144. The van der Waals surface area contributed by atoms with Crippen LogP contribution in [-0.4, -0.2) is 35.0 Å². The van der Waals surface area contributed by atoms with Gasteiger partial charge in [0.1, 0.15) is 0 Å². The van der Waals surface area contributed by atoms with E-state index >= 15 is 0 Å². The maximum absolute atomic E-state index is 11.8. The Morgan fingerprint density at radius 2 is 1.94 bits per heavy atom. The zero-order chi connectivity index (χ0) is 12.0. The third-order valence-corrected chi connectivity index (χ3v) is 2.85. The summed E-state index contributed by atoms with van der Waals surface area (Å²) in [6.45, 7) is 3.32. The molecule has 0 aliphatic carbocycles. The molecule has 1 amide bonds. The number of rotatable bonds is 4. The highest BCUT2D eigenvalue weighted by atomic mass is 16.4. The first-order valence-electron chi connectivity index (χ1n) is 5.78. The van der Waals surface area contributed by atoms with E-state index in [0.717, 1.165) is 25.9 Å². The summed E-state index contributed by atoms with van der Waals surface area (Å²) in [6.07, 6.45) is 6.58. The summed E-state index contributed by atoms with van der Waals surface area (Å²) < 4.78 is 0. The van der Waals surface area contributed by atoms with Crippen LogP contribution in [0.1, 0.15) is 32.6 Å². The van der Waals surface area contributed by atoms with Crippen molar-refractivity contribution in [3.63, 3.8) is 0 Å². The Morgan fingerprint density at radius 3 is 2.44 bits per heavy atom. The molecule has 0 aromatic carbocycles. The van der Waals surface area contributed by atoms with Crippen LogP contribution < -0.4 is 0 Å². The van der Waals surface area contributed by atoms with E-state index in [0.29, 0.717) is 0 Å². The number of hydrogen-bond acceptors (Lipinski definition) is 2. The van der Waals surface area contributed by atoms with Crippen LogP contribution in [0.5, 0.6) is 0 Å². The minimum atomic E-state index is -0.927.